The molecule has 0 aliphatic carbocycles. The monoisotopic (exact) mass is 216 g/mol. The standard InChI is InChI=1S/C13H16N2O/c1-3-16-11-4-5-13-12(7-11)9(2)6-10(8-14)15-13/h4-7H,3,8,14H2,1-2H3. The van der Waals surface area contributed by atoms with Gasteiger partial charge in [-0.05, 0) is 43.7 Å². The number of aromatic nitrogens is 1. The number of ether oxygens (including phenoxy) is 1. The lowest BCUT2D eigenvalue weighted by molar-refractivity contribution is 0.340. The van der Waals surface area contributed by atoms with Gasteiger partial charge in [-0.15, -0.1) is 0 Å². The number of hydrogen-bond donors (Lipinski definition) is 1. The molecule has 2 rings (SSSR count). The topological polar surface area (TPSA) is 48.1 Å². The molecule has 0 atom stereocenters. The summed E-state index contributed by atoms with van der Waals surface area (Å²) < 4.78 is 5.47. The van der Waals surface area contributed by atoms with Crippen LogP contribution in [0.3, 0.4) is 0 Å². The van der Waals surface area contributed by atoms with Crippen molar-refractivity contribution in [1.82, 2.24) is 4.98 Å². The van der Waals surface area contributed by atoms with Crippen LogP contribution >= 0.6 is 0 Å². The SMILES string of the molecule is CCOc1ccc2nc(CN)cc(C)c2c1. The lowest BCUT2D eigenvalue weighted by Gasteiger charge is -2.08. The summed E-state index contributed by atoms with van der Waals surface area (Å²) in [4.78, 5) is 4.48. The molecule has 0 spiro atoms. The predicted octanol–water partition coefficient (Wildman–Crippen LogP) is 2.40. The highest BCUT2D eigenvalue weighted by molar-refractivity contribution is 5.83. The highest BCUT2D eigenvalue weighted by Gasteiger charge is 2.03. The molecule has 1 aromatic heterocycles. The number of hydrogen-bond acceptors (Lipinski definition) is 3. The number of rotatable bonds is 3. The van der Waals surface area contributed by atoms with Gasteiger partial charge in [0.1, 0.15) is 5.75 Å². The fraction of sp³-hybridized carbons (Fsp3) is 0.308. The lowest BCUT2D eigenvalue weighted by atomic mass is 10.1. The highest BCUT2D eigenvalue weighted by atomic mass is 16.5. The van der Waals surface area contributed by atoms with Gasteiger partial charge in [0.2, 0.25) is 0 Å². The van der Waals surface area contributed by atoms with Gasteiger partial charge in [0.25, 0.3) is 0 Å². The van der Waals surface area contributed by atoms with E-state index in [4.69, 9.17) is 10.5 Å². The van der Waals surface area contributed by atoms with E-state index in [9.17, 15) is 0 Å². The van der Waals surface area contributed by atoms with Crippen LogP contribution in [-0.4, -0.2) is 11.6 Å². The van der Waals surface area contributed by atoms with Crippen molar-refractivity contribution >= 4 is 10.9 Å². The molecule has 0 radical (unpaired) electrons. The number of benzene rings is 1. The Labute approximate surface area is 95.2 Å². The van der Waals surface area contributed by atoms with E-state index in [0.717, 1.165) is 22.3 Å². The molecule has 16 heavy (non-hydrogen) atoms. The van der Waals surface area contributed by atoms with Crippen LogP contribution < -0.4 is 10.5 Å². The summed E-state index contributed by atoms with van der Waals surface area (Å²) in [6, 6.07) is 7.98. The fourth-order valence-electron chi connectivity index (χ4n) is 1.80. The van der Waals surface area contributed by atoms with Crippen LogP contribution in [0, 0.1) is 6.92 Å². The first-order chi connectivity index (χ1) is 7.74. The molecule has 0 aliphatic heterocycles. The summed E-state index contributed by atoms with van der Waals surface area (Å²) in [5.41, 5.74) is 8.69. The van der Waals surface area contributed by atoms with Crippen LogP contribution in [0.5, 0.6) is 5.75 Å². The molecule has 84 valence electrons. The number of fused-ring (bicyclic) bond motifs is 1. The summed E-state index contributed by atoms with van der Waals surface area (Å²) in [5, 5.41) is 1.13. The summed E-state index contributed by atoms with van der Waals surface area (Å²) >= 11 is 0. The first-order valence-corrected chi connectivity index (χ1v) is 5.47. The number of aryl methyl sites for hydroxylation is 1. The molecule has 3 nitrogen and oxygen atoms in total. The Bertz CT molecular complexity index is 509. The van der Waals surface area contributed by atoms with Crippen molar-refractivity contribution in [2.24, 2.45) is 5.73 Å². The number of pyridine rings is 1. The van der Waals surface area contributed by atoms with Gasteiger partial charge in [0, 0.05) is 11.9 Å². The molecule has 2 N–H and O–H groups in total. The molecule has 0 fully saturated rings. The average Bonchev–Trinajstić information content (AvgIpc) is 2.30. The summed E-state index contributed by atoms with van der Waals surface area (Å²) in [5.74, 6) is 0.889. The third kappa shape index (κ3) is 1.99. The van der Waals surface area contributed by atoms with Gasteiger partial charge in [-0.25, -0.2) is 0 Å². The zero-order chi connectivity index (χ0) is 11.5. The van der Waals surface area contributed by atoms with E-state index in [2.05, 4.69) is 11.9 Å². The van der Waals surface area contributed by atoms with Gasteiger partial charge in [0.05, 0.1) is 17.8 Å². The van der Waals surface area contributed by atoms with E-state index < -0.39 is 0 Å². The van der Waals surface area contributed by atoms with Gasteiger partial charge in [-0.3, -0.25) is 4.98 Å². The van der Waals surface area contributed by atoms with E-state index in [0.29, 0.717) is 13.2 Å². The Hall–Kier alpha value is -1.61. The lowest BCUT2D eigenvalue weighted by Crippen LogP contribution is -2.00. The zero-order valence-corrected chi connectivity index (χ0v) is 9.66. The summed E-state index contributed by atoms with van der Waals surface area (Å²) in [7, 11) is 0. The Morgan fingerprint density at radius 2 is 2.12 bits per heavy atom. The molecule has 2 aromatic rings. The van der Waals surface area contributed by atoms with Gasteiger partial charge >= 0.3 is 0 Å². The molecule has 3 heteroatoms. The van der Waals surface area contributed by atoms with Crippen LogP contribution in [0.15, 0.2) is 24.3 Å². The normalized spacial score (nSPS) is 10.7. The van der Waals surface area contributed by atoms with Crippen molar-refractivity contribution in [3.8, 4) is 5.75 Å². The smallest absolute Gasteiger partial charge is 0.120 e. The molecular formula is C13H16N2O. The first kappa shape index (κ1) is 10.9. The predicted molar refractivity (Wildman–Crippen MR) is 65.5 cm³/mol. The maximum absolute atomic E-state index is 5.60. The van der Waals surface area contributed by atoms with E-state index in [1.54, 1.807) is 0 Å². The molecule has 1 heterocycles. The Balaban J connectivity index is 2.56. The van der Waals surface area contributed by atoms with E-state index in [1.807, 2.05) is 31.2 Å². The number of nitrogens with zero attached hydrogens (tertiary/aromatic N) is 1. The first-order valence-electron chi connectivity index (χ1n) is 5.47. The Morgan fingerprint density at radius 1 is 1.31 bits per heavy atom. The van der Waals surface area contributed by atoms with Crippen molar-refractivity contribution in [3.63, 3.8) is 0 Å². The van der Waals surface area contributed by atoms with Gasteiger partial charge in [-0.2, -0.15) is 0 Å². The molecule has 1 aromatic carbocycles. The molecule has 0 bridgehead atoms. The maximum Gasteiger partial charge on any atom is 0.120 e. The third-order valence-corrected chi connectivity index (χ3v) is 2.56. The van der Waals surface area contributed by atoms with Crippen molar-refractivity contribution in [1.29, 1.82) is 0 Å². The minimum Gasteiger partial charge on any atom is -0.494 e. The Morgan fingerprint density at radius 3 is 2.81 bits per heavy atom. The molecule has 0 aliphatic rings. The van der Waals surface area contributed by atoms with E-state index in [-0.39, 0.29) is 0 Å². The molecule has 0 amide bonds. The minimum absolute atomic E-state index is 0.476. The van der Waals surface area contributed by atoms with Gasteiger partial charge in [0.15, 0.2) is 0 Å². The number of nitrogens with two attached hydrogens (primary N) is 1. The van der Waals surface area contributed by atoms with Crippen molar-refractivity contribution in [2.75, 3.05) is 6.61 Å². The van der Waals surface area contributed by atoms with Crippen LogP contribution in [0.4, 0.5) is 0 Å². The largest absolute Gasteiger partial charge is 0.494 e. The van der Waals surface area contributed by atoms with E-state index >= 15 is 0 Å². The zero-order valence-electron chi connectivity index (χ0n) is 9.66. The van der Waals surface area contributed by atoms with Crippen molar-refractivity contribution in [2.45, 2.75) is 20.4 Å². The highest BCUT2D eigenvalue weighted by Crippen LogP contribution is 2.23. The molecule has 0 unspecified atom stereocenters. The van der Waals surface area contributed by atoms with E-state index in [1.165, 1.54) is 5.56 Å². The second-order valence-electron chi connectivity index (χ2n) is 3.75. The quantitative estimate of drug-likeness (QED) is 0.857. The van der Waals surface area contributed by atoms with Crippen molar-refractivity contribution in [3.05, 3.63) is 35.5 Å². The van der Waals surface area contributed by atoms with Crippen LogP contribution in [0.2, 0.25) is 0 Å². The van der Waals surface area contributed by atoms with Gasteiger partial charge < -0.3 is 10.5 Å². The van der Waals surface area contributed by atoms with Gasteiger partial charge in [-0.1, -0.05) is 0 Å². The molecule has 0 saturated heterocycles. The summed E-state index contributed by atoms with van der Waals surface area (Å²) in [6.07, 6.45) is 0. The minimum atomic E-state index is 0.476. The summed E-state index contributed by atoms with van der Waals surface area (Å²) in [6.45, 7) is 5.20. The maximum atomic E-state index is 5.60. The van der Waals surface area contributed by atoms with Crippen molar-refractivity contribution < 1.29 is 4.74 Å². The second-order valence-corrected chi connectivity index (χ2v) is 3.75. The average molecular weight is 216 g/mol. The van der Waals surface area contributed by atoms with Crippen LogP contribution in [0.1, 0.15) is 18.2 Å². The molecular weight excluding hydrogens is 200 g/mol. The Kier molecular flexibility index (Phi) is 3.06. The third-order valence-electron chi connectivity index (χ3n) is 2.56. The second kappa shape index (κ2) is 4.49. The van der Waals surface area contributed by atoms with Crippen LogP contribution in [0.25, 0.3) is 10.9 Å². The van der Waals surface area contributed by atoms with Crippen LogP contribution in [-0.2, 0) is 6.54 Å². The molecule has 0 saturated carbocycles. The fourth-order valence-corrected chi connectivity index (χ4v) is 1.80.